The molecule has 47 heavy (non-hydrogen) atoms. The van der Waals surface area contributed by atoms with E-state index in [1.165, 1.54) is 50.1 Å². The number of rotatable bonds is 2. The van der Waals surface area contributed by atoms with E-state index < -0.39 is 0 Å². The van der Waals surface area contributed by atoms with Gasteiger partial charge in [-0.1, -0.05) is 129 Å². The predicted octanol–water partition coefficient (Wildman–Crippen LogP) is 11.1. The lowest BCUT2D eigenvalue weighted by atomic mass is 9.62. The van der Waals surface area contributed by atoms with Crippen LogP contribution in [0, 0.1) is 11.8 Å². The van der Waals surface area contributed by atoms with Gasteiger partial charge < -0.3 is 0 Å². The third-order valence-electron chi connectivity index (χ3n) is 11.3. The first-order valence-corrected chi connectivity index (χ1v) is 16.9. The quantitative estimate of drug-likeness (QED) is 0.184. The van der Waals surface area contributed by atoms with Gasteiger partial charge in [-0.05, 0) is 86.5 Å². The molecular weight excluding hydrogens is 569 g/mol. The van der Waals surface area contributed by atoms with Gasteiger partial charge in [-0.25, -0.2) is 4.98 Å². The fraction of sp³-hybridized carbons (Fsp3) is 0.156. The van der Waals surface area contributed by atoms with Crippen molar-refractivity contribution in [2.75, 3.05) is 0 Å². The molecule has 0 fully saturated rings. The number of nitrogens with zero attached hydrogens (tertiary/aromatic N) is 2. The van der Waals surface area contributed by atoms with E-state index >= 15 is 0 Å². The van der Waals surface area contributed by atoms with Gasteiger partial charge in [-0.2, -0.15) is 0 Å². The smallest absolute Gasteiger partial charge is 0.0972 e. The number of aromatic nitrogens is 2. The lowest BCUT2D eigenvalue weighted by molar-refractivity contribution is 0.432. The van der Waals surface area contributed by atoms with Crippen molar-refractivity contribution in [2.45, 2.75) is 31.6 Å². The molecule has 6 aromatic rings. The van der Waals surface area contributed by atoms with Crippen LogP contribution in [0.3, 0.4) is 0 Å². The maximum absolute atomic E-state index is 5.21. The number of benzene rings is 4. The standard InChI is InChI=1S/C45H34N2/c1-45(2)39-22-19-30(41-23-20-28-17-16-27-9-8-24-46-43(27)44(28)47-41)26-38(39)42-31(14-7-15-40(42)45)29-18-21-36-34-12-4-3-10-32(34)33-11-5-6-13-35(33)37(36)25-29/h3-20,22-26,32,34,36H,21H2,1-2H3. The second kappa shape index (κ2) is 9.83. The molecule has 4 aliphatic carbocycles. The first-order valence-electron chi connectivity index (χ1n) is 16.9. The maximum Gasteiger partial charge on any atom is 0.0972 e. The molecular formula is C45H34N2. The van der Waals surface area contributed by atoms with Crippen LogP contribution in [-0.4, -0.2) is 9.97 Å². The van der Waals surface area contributed by atoms with Gasteiger partial charge in [0.15, 0.2) is 0 Å². The monoisotopic (exact) mass is 602 g/mol. The molecule has 4 aromatic carbocycles. The molecule has 3 unspecified atom stereocenters. The molecule has 2 heteroatoms. The van der Waals surface area contributed by atoms with Crippen LogP contribution >= 0.6 is 0 Å². The van der Waals surface area contributed by atoms with Crippen molar-refractivity contribution in [3.8, 4) is 22.4 Å². The Labute approximate surface area is 275 Å². The summed E-state index contributed by atoms with van der Waals surface area (Å²) in [6, 6.07) is 35.7. The minimum Gasteiger partial charge on any atom is -0.254 e. The highest BCUT2D eigenvalue weighted by Crippen LogP contribution is 2.55. The van der Waals surface area contributed by atoms with Gasteiger partial charge in [0.2, 0.25) is 0 Å². The van der Waals surface area contributed by atoms with Crippen LogP contribution in [0.1, 0.15) is 54.0 Å². The van der Waals surface area contributed by atoms with E-state index in [0.717, 1.165) is 39.5 Å². The molecule has 3 atom stereocenters. The SMILES string of the molecule is CC1(C)c2ccc(-c3ccc4ccc5cccnc5c4n3)cc2-c2c(C3=CCC4C(=C3)c3ccccc3C3C=CC=CC43)cccc21. The van der Waals surface area contributed by atoms with Crippen LogP contribution in [-0.2, 0) is 5.41 Å². The van der Waals surface area contributed by atoms with Crippen LogP contribution in [0.5, 0.6) is 0 Å². The van der Waals surface area contributed by atoms with Crippen molar-refractivity contribution in [3.63, 3.8) is 0 Å². The molecule has 0 saturated heterocycles. The molecule has 0 radical (unpaired) electrons. The number of fused-ring (bicyclic) bond motifs is 12. The summed E-state index contributed by atoms with van der Waals surface area (Å²) in [5, 5.41) is 2.23. The molecule has 4 aliphatic rings. The highest BCUT2D eigenvalue weighted by Gasteiger charge is 2.40. The minimum atomic E-state index is -0.0923. The van der Waals surface area contributed by atoms with E-state index in [2.05, 4.69) is 141 Å². The summed E-state index contributed by atoms with van der Waals surface area (Å²) in [6.07, 6.45) is 17.3. The first-order chi connectivity index (χ1) is 23.1. The van der Waals surface area contributed by atoms with E-state index in [4.69, 9.17) is 9.97 Å². The van der Waals surface area contributed by atoms with Crippen molar-refractivity contribution >= 4 is 33.0 Å². The average Bonchev–Trinajstić information content (AvgIpc) is 3.37. The molecule has 0 bridgehead atoms. The normalized spacial score (nSPS) is 21.4. The first kappa shape index (κ1) is 26.8. The zero-order chi connectivity index (χ0) is 31.3. The molecule has 0 aliphatic heterocycles. The van der Waals surface area contributed by atoms with Gasteiger partial charge in [-0.15, -0.1) is 0 Å². The number of hydrogen-bond donors (Lipinski definition) is 0. The largest absolute Gasteiger partial charge is 0.254 e. The molecule has 0 spiro atoms. The van der Waals surface area contributed by atoms with Crippen LogP contribution < -0.4 is 0 Å². The third kappa shape index (κ3) is 3.85. The van der Waals surface area contributed by atoms with Gasteiger partial charge in [0.05, 0.1) is 16.7 Å². The van der Waals surface area contributed by atoms with Crippen LogP contribution in [0.15, 0.2) is 140 Å². The molecule has 2 nitrogen and oxygen atoms in total. The van der Waals surface area contributed by atoms with Crippen molar-refractivity contribution in [2.24, 2.45) is 11.8 Å². The summed E-state index contributed by atoms with van der Waals surface area (Å²) in [5.74, 6) is 1.46. The summed E-state index contributed by atoms with van der Waals surface area (Å²) >= 11 is 0. The van der Waals surface area contributed by atoms with E-state index in [9.17, 15) is 0 Å². The Morgan fingerprint density at radius 1 is 0.702 bits per heavy atom. The minimum absolute atomic E-state index is 0.0923. The highest BCUT2D eigenvalue weighted by atomic mass is 14.8. The van der Waals surface area contributed by atoms with Crippen LogP contribution in [0.25, 0.3) is 55.3 Å². The average molecular weight is 603 g/mol. The van der Waals surface area contributed by atoms with E-state index in [0.29, 0.717) is 17.8 Å². The zero-order valence-electron chi connectivity index (χ0n) is 26.6. The molecule has 0 N–H and O–H groups in total. The summed E-state index contributed by atoms with van der Waals surface area (Å²) in [4.78, 5) is 9.91. The molecule has 10 rings (SSSR count). The van der Waals surface area contributed by atoms with E-state index in [-0.39, 0.29) is 5.41 Å². The predicted molar refractivity (Wildman–Crippen MR) is 195 cm³/mol. The summed E-state index contributed by atoms with van der Waals surface area (Å²) in [7, 11) is 0. The lowest BCUT2D eigenvalue weighted by Crippen LogP contribution is -2.28. The second-order valence-corrected chi connectivity index (χ2v) is 14.1. The van der Waals surface area contributed by atoms with E-state index in [1.807, 2.05) is 12.3 Å². The van der Waals surface area contributed by atoms with Crippen LogP contribution in [0.4, 0.5) is 0 Å². The van der Waals surface area contributed by atoms with Crippen molar-refractivity contribution < 1.29 is 0 Å². The van der Waals surface area contributed by atoms with Crippen LogP contribution in [0.2, 0.25) is 0 Å². The Morgan fingerprint density at radius 3 is 2.47 bits per heavy atom. The fourth-order valence-electron chi connectivity index (χ4n) is 9.00. The van der Waals surface area contributed by atoms with Crippen molar-refractivity contribution in [3.05, 3.63) is 168 Å². The Morgan fingerprint density at radius 2 is 1.53 bits per heavy atom. The number of allylic oxidation sites excluding steroid dienone is 8. The third-order valence-corrected chi connectivity index (χ3v) is 11.3. The van der Waals surface area contributed by atoms with Gasteiger partial charge in [0, 0.05) is 33.9 Å². The topological polar surface area (TPSA) is 25.8 Å². The Kier molecular flexibility index (Phi) is 5.61. The Hall–Kier alpha value is -5.34. The van der Waals surface area contributed by atoms with Crippen molar-refractivity contribution in [1.29, 1.82) is 0 Å². The number of hydrogen-bond acceptors (Lipinski definition) is 2. The molecule has 224 valence electrons. The summed E-state index contributed by atoms with van der Waals surface area (Å²) in [5.41, 5.74) is 16.4. The summed E-state index contributed by atoms with van der Waals surface area (Å²) < 4.78 is 0. The fourth-order valence-corrected chi connectivity index (χ4v) is 9.00. The Balaban J connectivity index is 1.12. The Bertz CT molecular complexity index is 2440. The van der Waals surface area contributed by atoms with Gasteiger partial charge in [-0.3, -0.25) is 4.98 Å². The zero-order valence-corrected chi connectivity index (χ0v) is 26.6. The van der Waals surface area contributed by atoms with Gasteiger partial charge in [0.1, 0.15) is 0 Å². The summed E-state index contributed by atoms with van der Waals surface area (Å²) in [6.45, 7) is 4.74. The molecule has 2 heterocycles. The molecule has 2 aromatic heterocycles. The van der Waals surface area contributed by atoms with Gasteiger partial charge in [0.25, 0.3) is 0 Å². The second-order valence-electron chi connectivity index (χ2n) is 14.1. The van der Waals surface area contributed by atoms with E-state index in [1.54, 1.807) is 0 Å². The van der Waals surface area contributed by atoms with Crippen molar-refractivity contribution in [1.82, 2.24) is 9.97 Å². The molecule has 0 amide bonds. The molecule has 0 saturated carbocycles. The number of pyridine rings is 2. The maximum atomic E-state index is 5.21. The van der Waals surface area contributed by atoms with Gasteiger partial charge >= 0.3 is 0 Å². The highest BCUT2D eigenvalue weighted by molar-refractivity contribution is 6.03. The lowest BCUT2D eigenvalue weighted by Gasteiger charge is -2.41.